The molecule has 0 bridgehead atoms. The molecule has 0 aromatic heterocycles. The van der Waals surface area contributed by atoms with Gasteiger partial charge in [0.25, 0.3) is 0 Å². The molecule has 0 unspecified atom stereocenters. The molecule has 0 fully saturated rings. The number of nitrogens with two attached hydrogens (primary N) is 1. The van der Waals surface area contributed by atoms with Gasteiger partial charge in [0.1, 0.15) is 5.82 Å². The van der Waals surface area contributed by atoms with Gasteiger partial charge in [0.05, 0.1) is 23.2 Å². The quantitative estimate of drug-likeness (QED) is 0.680. The zero-order valence-electron chi connectivity index (χ0n) is 6.14. The van der Waals surface area contributed by atoms with Crippen molar-refractivity contribution >= 4 is 17.3 Å². The minimum absolute atomic E-state index is 0.109. The number of hydrogen-bond donors (Lipinski definition) is 1. The maximum Gasteiger partial charge on any atom is 0.143 e. The van der Waals surface area contributed by atoms with Crippen LogP contribution in [0, 0.1) is 17.1 Å². The minimum atomic E-state index is -0.559. The minimum Gasteiger partial charge on any atom is -0.397 e. The first kappa shape index (κ1) is 8.82. The molecule has 0 heterocycles. The zero-order chi connectivity index (χ0) is 9.14. The van der Waals surface area contributed by atoms with E-state index in [0.717, 1.165) is 0 Å². The summed E-state index contributed by atoms with van der Waals surface area (Å²) < 4.78 is 12.7. The number of hydrogen-bond acceptors (Lipinski definition) is 2. The molecule has 2 N–H and O–H groups in total. The van der Waals surface area contributed by atoms with Gasteiger partial charge in [-0.15, -0.1) is 0 Å². The molecule has 0 aliphatic heterocycles. The van der Waals surface area contributed by atoms with Crippen molar-refractivity contribution in [2.45, 2.75) is 6.42 Å². The number of nitriles is 1. The van der Waals surface area contributed by atoms with Gasteiger partial charge in [0.2, 0.25) is 0 Å². The molecule has 0 spiro atoms. The van der Waals surface area contributed by atoms with E-state index in [0.29, 0.717) is 5.56 Å². The summed E-state index contributed by atoms with van der Waals surface area (Å²) in [5, 5.41) is 8.25. The maximum absolute atomic E-state index is 12.7. The molecule has 1 aromatic rings. The fourth-order valence-electron chi connectivity index (χ4n) is 0.846. The molecule has 0 radical (unpaired) electrons. The molecule has 0 saturated heterocycles. The zero-order valence-corrected chi connectivity index (χ0v) is 6.90. The fourth-order valence-corrected chi connectivity index (χ4v) is 1.03. The first-order valence-corrected chi connectivity index (χ1v) is 3.64. The smallest absolute Gasteiger partial charge is 0.143 e. The Kier molecular flexibility index (Phi) is 2.51. The predicted octanol–water partition coefficient (Wildman–Crippen LogP) is 2.13. The molecule has 0 saturated carbocycles. The molecule has 2 nitrogen and oxygen atoms in total. The fraction of sp³-hybridized carbons (Fsp3) is 0.125. The number of rotatable bonds is 1. The second-order valence-corrected chi connectivity index (χ2v) is 2.65. The summed E-state index contributed by atoms with van der Waals surface area (Å²) >= 11 is 5.51. The van der Waals surface area contributed by atoms with Gasteiger partial charge in [-0.2, -0.15) is 5.26 Å². The van der Waals surface area contributed by atoms with Gasteiger partial charge in [-0.05, 0) is 11.6 Å². The summed E-state index contributed by atoms with van der Waals surface area (Å²) in [6.07, 6.45) is 0.145. The van der Waals surface area contributed by atoms with Crippen molar-refractivity contribution in [1.82, 2.24) is 0 Å². The van der Waals surface area contributed by atoms with Gasteiger partial charge in [-0.25, -0.2) is 4.39 Å². The van der Waals surface area contributed by atoms with Crippen molar-refractivity contribution in [3.8, 4) is 6.07 Å². The Balaban J connectivity index is 3.19. The van der Waals surface area contributed by atoms with Gasteiger partial charge in [-0.3, -0.25) is 0 Å². The summed E-state index contributed by atoms with van der Waals surface area (Å²) in [6.45, 7) is 0. The normalized spacial score (nSPS) is 9.42. The standard InChI is InChI=1S/C8H6ClFN2/c9-7-6(10)2-1-5(3-4-11)8(7)12/h1-2H,3,12H2. The molecule has 0 aliphatic carbocycles. The predicted molar refractivity (Wildman–Crippen MR) is 45.1 cm³/mol. The van der Waals surface area contributed by atoms with Crippen LogP contribution in [0.1, 0.15) is 5.56 Å². The van der Waals surface area contributed by atoms with Crippen LogP contribution in [0.15, 0.2) is 12.1 Å². The Hall–Kier alpha value is -1.27. The second-order valence-electron chi connectivity index (χ2n) is 2.27. The summed E-state index contributed by atoms with van der Waals surface area (Å²) in [7, 11) is 0. The van der Waals surface area contributed by atoms with Gasteiger partial charge in [-0.1, -0.05) is 17.7 Å². The average Bonchev–Trinajstić information content (AvgIpc) is 2.07. The monoisotopic (exact) mass is 184 g/mol. The third-order valence-electron chi connectivity index (χ3n) is 1.49. The van der Waals surface area contributed by atoms with Crippen LogP contribution in [0.2, 0.25) is 5.02 Å². The SMILES string of the molecule is N#CCc1ccc(F)c(Cl)c1N. The highest BCUT2D eigenvalue weighted by atomic mass is 35.5. The van der Waals surface area contributed by atoms with Crippen LogP contribution in [0.25, 0.3) is 0 Å². The molecule has 0 aliphatic rings. The molecular formula is C8H6ClFN2. The lowest BCUT2D eigenvalue weighted by molar-refractivity contribution is 0.628. The highest BCUT2D eigenvalue weighted by Crippen LogP contribution is 2.25. The van der Waals surface area contributed by atoms with Gasteiger partial charge >= 0.3 is 0 Å². The summed E-state index contributed by atoms with van der Waals surface area (Å²) in [5.74, 6) is -0.559. The van der Waals surface area contributed by atoms with Crippen LogP contribution in [0.5, 0.6) is 0 Å². The van der Waals surface area contributed by atoms with Crippen molar-refractivity contribution in [3.05, 3.63) is 28.5 Å². The van der Waals surface area contributed by atoms with Crippen LogP contribution in [0.4, 0.5) is 10.1 Å². The van der Waals surface area contributed by atoms with E-state index in [1.807, 2.05) is 6.07 Å². The van der Waals surface area contributed by atoms with E-state index in [2.05, 4.69) is 0 Å². The number of nitrogen functional groups attached to an aromatic ring is 1. The van der Waals surface area contributed by atoms with Crippen LogP contribution in [0.3, 0.4) is 0 Å². The van der Waals surface area contributed by atoms with Crippen molar-refractivity contribution < 1.29 is 4.39 Å². The number of halogens is 2. The first-order chi connectivity index (χ1) is 5.66. The van der Waals surface area contributed by atoms with Crippen molar-refractivity contribution in [1.29, 1.82) is 5.26 Å². The molecule has 1 aromatic carbocycles. The van der Waals surface area contributed by atoms with E-state index in [-0.39, 0.29) is 17.1 Å². The lowest BCUT2D eigenvalue weighted by atomic mass is 10.1. The Bertz CT molecular complexity index is 344. The van der Waals surface area contributed by atoms with Gasteiger partial charge in [0.15, 0.2) is 0 Å². The summed E-state index contributed by atoms with van der Waals surface area (Å²) in [5.41, 5.74) is 6.16. The number of benzene rings is 1. The maximum atomic E-state index is 12.7. The lowest BCUT2D eigenvalue weighted by Gasteiger charge is -2.03. The van der Waals surface area contributed by atoms with E-state index in [1.165, 1.54) is 12.1 Å². The third-order valence-corrected chi connectivity index (χ3v) is 1.88. The Morgan fingerprint density at radius 2 is 2.25 bits per heavy atom. The van der Waals surface area contributed by atoms with Crippen LogP contribution >= 0.6 is 11.6 Å². The topological polar surface area (TPSA) is 49.8 Å². The average molecular weight is 185 g/mol. The Labute approximate surface area is 74.4 Å². The highest BCUT2D eigenvalue weighted by molar-refractivity contribution is 6.33. The molecule has 0 atom stereocenters. The molecule has 0 amide bonds. The van der Waals surface area contributed by atoms with E-state index in [4.69, 9.17) is 22.6 Å². The van der Waals surface area contributed by atoms with E-state index in [9.17, 15) is 4.39 Å². The second kappa shape index (κ2) is 3.42. The number of nitrogens with zero attached hydrogens (tertiary/aromatic N) is 1. The first-order valence-electron chi connectivity index (χ1n) is 3.26. The largest absolute Gasteiger partial charge is 0.397 e. The van der Waals surface area contributed by atoms with Crippen LogP contribution in [-0.4, -0.2) is 0 Å². The molecule has 1 rings (SSSR count). The van der Waals surface area contributed by atoms with Crippen molar-refractivity contribution in [3.63, 3.8) is 0 Å². The number of anilines is 1. The van der Waals surface area contributed by atoms with E-state index >= 15 is 0 Å². The van der Waals surface area contributed by atoms with Gasteiger partial charge < -0.3 is 5.73 Å². The van der Waals surface area contributed by atoms with Crippen LogP contribution < -0.4 is 5.73 Å². The Morgan fingerprint density at radius 1 is 1.58 bits per heavy atom. The lowest BCUT2D eigenvalue weighted by Crippen LogP contribution is -1.96. The Morgan fingerprint density at radius 3 is 2.83 bits per heavy atom. The highest BCUT2D eigenvalue weighted by Gasteiger charge is 2.07. The van der Waals surface area contributed by atoms with Crippen molar-refractivity contribution in [2.75, 3.05) is 5.73 Å². The molecular weight excluding hydrogens is 179 g/mol. The molecule has 4 heteroatoms. The summed E-state index contributed by atoms with van der Waals surface area (Å²) in [4.78, 5) is 0. The third kappa shape index (κ3) is 1.49. The van der Waals surface area contributed by atoms with Crippen LogP contribution in [-0.2, 0) is 6.42 Å². The molecule has 62 valence electrons. The van der Waals surface area contributed by atoms with Gasteiger partial charge in [0, 0.05) is 0 Å². The van der Waals surface area contributed by atoms with E-state index in [1.54, 1.807) is 0 Å². The molecule has 12 heavy (non-hydrogen) atoms. The van der Waals surface area contributed by atoms with Crippen molar-refractivity contribution in [2.24, 2.45) is 0 Å². The summed E-state index contributed by atoms with van der Waals surface area (Å²) in [6, 6.07) is 4.57. The van der Waals surface area contributed by atoms with E-state index < -0.39 is 5.82 Å².